The van der Waals surface area contributed by atoms with Crippen LogP contribution in [0.2, 0.25) is 0 Å². The van der Waals surface area contributed by atoms with Gasteiger partial charge in [0.2, 0.25) is 0 Å². The van der Waals surface area contributed by atoms with Crippen molar-refractivity contribution >= 4 is 0 Å². The zero-order chi connectivity index (χ0) is 13.5. The summed E-state index contributed by atoms with van der Waals surface area (Å²) in [6.45, 7) is 11.2. The van der Waals surface area contributed by atoms with E-state index in [9.17, 15) is 0 Å². The van der Waals surface area contributed by atoms with Crippen LogP contribution < -0.4 is 4.74 Å². The number of ether oxygens (including phenoxy) is 1. The molecule has 0 aliphatic heterocycles. The summed E-state index contributed by atoms with van der Waals surface area (Å²) in [6, 6.07) is 6.52. The van der Waals surface area contributed by atoms with Gasteiger partial charge in [-0.05, 0) is 43.4 Å². The number of hydrogen-bond donors (Lipinski definition) is 0. The first-order valence-corrected chi connectivity index (χ1v) is 6.76. The molecule has 1 atom stereocenters. The standard InChI is InChI=1S/C17H24O/c1-6-8-14(5)11-15-9-10-17(18-7-2)16(12-15)13(3)4/h9-10,12-14H,7,11H2,1-5H3. The Kier molecular flexibility index (Phi) is 5.78. The van der Waals surface area contributed by atoms with Crippen molar-refractivity contribution in [2.75, 3.05) is 6.61 Å². The van der Waals surface area contributed by atoms with Crippen LogP contribution in [0, 0.1) is 17.8 Å². The van der Waals surface area contributed by atoms with Crippen molar-refractivity contribution in [1.29, 1.82) is 0 Å². The van der Waals surface area contributed by atoms with E-state index in [1.165, 1.54) is 11.1 Å². The van der Waals surface area contributed by atoms with E-state index in [0.717, 1.165) is 18.8 Å². The predicted molar refractivity (Wildman–Crippen MR) is 78.0 cm³/mol. The van der Waals surface area contributed by atoms with Gasteiger partial charge in [-0.3, -0.25) is 0 Å². The second-order valence-corrected chi connectivity index (χ2v) is 4.96. The van der Waals surface area contributed by atoms with Crippen LogP contribution in [0.25, 0.3) is 0 Å². The van der Waals surface area contributed by atoms with Gasteiger partial charge in [0, 0.05) is 5.92 Å². The van der Waals surface area contributed by atoms with Crippen LogP contribution in [0.1, 0.15) is 51.7 Å². The fraction of sp³-hybridized carbons (Fsp3) is 0.529. The van der Waals surface area contributed by atoms with Crippen molar-refractivity contribution in [3.63, 3.8) is 0 Å². The molecular formula is C17H24O. The maximum absolute atomic E-state index is 5.68. The highest BCUT2D eigenvalue weighted by Crippen LogP contribution is 2.28. The molecule has 1 aromatic rings. The second kappa shape index (κ2) is 7.11. The van der Waals surface area contributed by atoms with Crippen LogP contribution in [0.4, 0.5) is 0 Å². The van der Waals surface area contributed by atoms with E-state index in [4.69, 9.17) is 4.74 Å². The van der Waals surface area contributed by atoms with Crippen LogP contribution in [0.3, 0.4) is 0 Å². The first kappa shape index (κ1) is 14.6. The zero-order valence-electron chi connectivity index (χ0n) is 12.2. The van der Waals surface area contributed by atoms with E-state index in [1.54, 1.807) is 0 Å². The van der Waals surface area contributed by atoms with Gasteiger partial charge in [0.1, 0.15) is 5.75 Å². The van der Waals surface area contributed by atoms with E-state index in [1.807, 2.05) is 13.8 Å². The molecule has 98 valence electrons. The maximum Gasteiger partial charge on any atom is 0.122 e. The highest BCUT2D eigenvalue weighted by atomic mass is 16.5. The third kappa shape index (κ3) is 4.11. The molecule has 0 fully saturated rings. The first-order valence-electron chi connectivity index (χ1n) is 6.76. The Morgan fingerprint density at radius 1 is 1.22 bits per heavy atom. The fourth-order valence-electron chi connectivity index (χ4n) is 2.11. The summed E-state index contributed by atoms with van der Waals surface area (Å²) in [4.78, 5) is 0. The quantitative estimate of drug-likeness (QED) is 0.697. The maximum atomic E-state index is 5.68. The minimum Gasteiger partial charge on any atom is -0.494 e. The molecule has 1 nitrogen and oxygen atoms in total. The van der Waals surface area contributed by atoms with Crippen molar-refractivity contribution in [3.8, 4) is 17.6 Å². The zero-order valence-corrected chi connectivity index (χ0v) is 12.2. The number of benzene rings is 1. The van der Waals surface area contributed by atoms with E-state index < -0.39 is 0 Å². The van der Waals surface area contributed by atoms with Gasteiger partial charge in [0.15, 0.2) is 0 Å². The molecule has 0 radical (unpaired) electrons. The lowest BCUT2D eigenvalue weighted by atomic mass is 9.95. The molecule has 0 heterocycles. The molecular weight excluding hydrogens is 220 g/mol. The Balaban J connectivity index is 2.94. The second-order valence-electron chi connectivity index (χ2n) is 4.96. The molecule has 0 aliphatic carbocycles. The SMILES string of the molecule is CC#CC(C)Cc1ccc(OCC)c(C(C)C)c1. The summed E-state index contributed by atoms with van der Waals surface area (Å²) in [5.74, 6) is 8.10. The molecule has 1 aromatic carbocycles. The van der Waals surface area contributed by atoms with Gasteiger partial charge in [0.25, 0.3) is 0 Å². The molecule has 1 rings (SSSR count). The topological polar surface area (TPSA) is 9.23 Å². The molecule has 0 saturated carbocycles. The van der Waals surface area contributed by atoms with Gasteiger partial charge < -0.3 is 4.74 Å². The molecule has 0 spiro atoms. The van der Waals surface area contributed by atoms with Crippen molar-refractivity contribution in [1.82, 2.24) is 0 Å². The first-order chi connectivity index (χ1) is 8.58. The summed E-state index contributed by atoms with van der Waals surface area (Å²) in [5.41, 5.74) is 2.64. The molecule has 1 unspecified atom stereocenters. The van der Waals surface area contributed by atoms with E-state index in [2.05, 4.69) is 50.8 Å². The lowest BCUT2D eigenvalue weighted by Gasteiger charge is -2.15. The van der Waals surface area contributed by atoms with Crippen LogP contribution in [0.15, 0.2) is 18.2 Å². The van der Waals surface area contributed by atoms with Crippen molar-refractivity contribution in [2.24, 2.45) is 5.92 Å². The minimum absolute atomic E-state index is 0.410. The van der Waals surface area contributed by atoms with Crippen molar-refractivity contribution in [2.45, 2.75) is 47.0 Å². The molecule has 0 saturated heterocycles. The lowest BCUT2D eigenvalue weighted by Crippen LogP contribution is -2.02. The minimum atomic E-state index is 0.410. The van der Waals surface area contributed by atoms with Crippen molar-refractivity contribution in [3.05, 3.63) is 29.3 Å². The van der Waals surface area contributed by atoms with Gasteiger partial charge in [-0.25, -0.2) is 0 Å². The van der Waals surface area contributed by atoms with Gasteiger partial charge >= 0.3 is 0 Å². The average molecular weight is 244 g/mol. The van der Waals surface area contributed by atoms with Crippen LogP contribution in [-0.4, -0.2) is 6.61 Å². The van der Waals surface area contributed by atoms with Crippen LogP contribution in [0.5, 0.6) is 5.75 Å². The van der Waals surface area contributed by atoms with Crippen LogP contribution in [-0.2, 0) is 6.42 Å². The van der Waals surface area contributed by atoms with Crippen molar-refractivity contribution < 1.29 is 4.74 Å². The van der Waals surface area contributed by atoms with E-state index in [-0.39, 0.29) is 0 Å². The van der Waals surface area contributed by atoms with Gasteiger partial charge in [0.05, 0.1) is 6.61 Å². The third-order valence-electron chi connectivity index (χ3n) is 2.93. The normalized spacial score (nSPS) is 11.9. The predicted octanol–water partition coefficient (Wildman–Crippen LogP) is 4.41. The summed E-state index contributed by atoms with van der Waals surface area (Å²) >= 11 is 0. The molecule has 1 heteroatoms. The Morgan fingerprint density at radius 2 is 1.94 bits per heavy atom. The third-order valence-corrected chi connectivity index (χ3v) is 2.93. The van der Waals surface area contributed by atoms with Gasteiger partial charge in [-0.1, -0.05) is 32.9 Å². The average Bonchev–Trinajstić information content (AvgIpc) is 2.31. The van der Waals surface area contributed by atoms with Gasteiger partial charge in [-0.2, -0.15) is 0 Å². The monoisotopic (exact) mass is 244 g/mol. The highest BCUT2D eigenvalue weighted by Gasteiger charge is 2.10. The largest absolute Gasteiger partial charge is 0.494 e. The summed E-state index contributed by atoms with van der Waals surface area (Å²) in [7, 11) is 0. The van der Waals surface area contributed by atoms with E-state index >= 15 is 0 Å². The Hall–Kier alpha value is -1.42. The van der Waals surface area contributed by atoms with Crippen LogP contribution >= 0.6 is 0 Å². The molecule has 0 aromatic heterocycles. The summed E-state index contributed by atoms with van der Waals surface area (Å²) in [6.07, 6.45) is 1.01. The number of rotatable bonds is 5. The lowest BCUT2D eigenvalue weighted by molar-refractivity contribution is 0.335. The molecule has 0 bridgehead atoms. The smallest absolute Gasteiger partial charge is 0.122 e. The molecule has 0 N–H and O–H groups in total. The summed E-state index contributed by atoms with van der Waals surface area (Å²) < 4.78 is 5.68. The molecule has 0 aliphatic rings. The molecule has 18 heavy (non-hydrogen) atoms. The van der Waals surface area contributed by atoms with Gasteiger partial charge in [-0.15, -0.1) is 11.8 Å². The van der Waals surface area contributed by atoms with E-state index in [0.29, 0.717) is 11.8 Å². The summed E-state index contributed by atoms with van der Waals surface area (Å²) in [5, 5.41) is 0. The Bertz CT molecular complexity index is 435. The fourth-order valence-corrected chi connectivity index (χ4v) is 2.11. The highest BCUT2D eigenvalue weighted by molar-refractivity contribution is 5.39. The number of hydrogen-bond acceptors (Lipinski definition) is 1. The molecule has 0 amide bonds. The Labute approximate surface area is 112 Å². The Morgan fingerprint density at radius 3 is 2.50 bits per heavy atom.